The van der Waals surface area contributed by atoms with E-state index >= 15 is 0 Å². The monoisotopic (exact) mass is 607 g/mol. The molecular weight excluding hydrogens is 589 g/mol. The lowest BCUT2D eigenvalue weighted by atomic mass is 10.1. The number of carbonyl (C=O) groups is 1. The van der Waals surface area contributed by atoms with E-state index in [0.29, 0.717) is 41.8 Å². The van der Waals surface area contributed by atoms with Crippen LogP contribution in [-0.2, 0) is 11.4 Å². The summed E-state index contributed by atoms with van der Waals surface area (Å²) in [5, 5.41) is 0.957. The third-order valence-corrected chi connectivity index (χ3v) is 7.68. The first-order valence-corrected chi connectivity index (χ1v) is 13.4. The average Bonchev–Trinajstić information content (AvgIpc) is 3.08. The molecule has 1 aliphatic rings. The first kappa shape index (κ1) is 26.0. The van der Waals surface area contributed by atoms with E-state index in [9.17, 15) is 4.79 Å². The van der Waals surface area contributed by atoms with E-state index in [4.69, 9.17) is 44.9 Å². The van der Waals surface area contributed by atoms with Crippen molar-refractivity contribution in [2.75, 3.05) is 11.5 Å². The lowest BCUT2D eigenvalue weighted by molar-refractivity contribution is -0.113. The van der Waals surface area contributed by atoms with Gasteiger partial charge in [0.05, 0.1) is 31.7 Å². The van der Waals surface area contributed by atoms with Crippen molar-refractivity contribution in [2.45, 2.75) is 20.5 Å². The predicted octanol–water partition coefficient (Wildman–Crippen LogP) is 8.45. The molecule has 1 saturated heterocycles. The topological polar surface area (TPSA) is 38.8 Å². The van der Waals surface area contributed by atoms with Gasteiger partial charge in [0.15, 0.2) is 15.8 Å². The summed E-state index contributed by atoms with van der Waals surface area (Å²) in [5.74, 6) is 0.962. The van der Waals surface area contributed by atoms with E-state index in [1.54, 1.807) is 17.0 Å². The second-order valence-electron chi connectivity index (χ2n) is 7.66. The van der Waals surface area contributed by atoms with Crippen LogP contribution in [0.25, 0.3) is 6.08 Å². The first-order chi connectivity index (χ1) is 16.8. The number of carbonyl (C=O) groups excluding carboxylic acids is 1. The molecule has 180 valence electrons. The minimum Gasteiger partial charge on any atom is -0.490 e. The van der Waals surface area contributed by atoms with E-state index in [1.807, 2.05) is 62.4 Å². The third kappa shape index (κ3) is 6.04. The van der Waals surface area contributed by atoms with Crippen molar-refractivity contribution >= 4 is 85.1 Å². The zero-order valence-corrected chi connectivity index (χ0v) is 23.5. The van der Waals surface area contributed by atoms with E-state index in [1.165, 1.54) is 11.8 Å². The molecule has 0 bridgehead atoms. The van der Waals surface area contributed by atoms with E-state index < -0.39 is 0 Å². The summed E-state index contributed by atoms with van der Waals surface area (Å²) in [6.07, 6.45) is 1.81. The predicted molar refractivity (Wildman–Crippen MR) is 153 cm³/mol. The molecule has 0 atom stereocenters. The lowest BCUT2D eigenvalue weighted by Gasteiger charge is -2.15. The Bertz CT molecular complexity index is 1350. The molecule has 35 heavy (non-hydrogen) atoms. The molecule has 3 aromatic rings. The second-order valence-corrected chi connectivity index (χ2v) is 11.0. The van der Waals surface area contributed by atoms with Gasteiger partial charge in [-0.15, -0.1) is 0 Å². The molecule has 0 spiro atoms. The fourth-order valence-electron chi connectivity index (χ4n) is 3.47. The second kappa shape index (κ2) is 11.4. The van der Waals surface area contributed by atoms with Crippen molar-refractivity contribution in [3.63, 3.8) is 0 Å². The minimum absolute atomic E-state index is 0.153. The number of ether oxygens (including phenoxy) is 2. The van der Waals surface area contributed by atoms with E-state index in [-0.39, 0.29) is 12.5 Å². The van der Waals surface area contributed by atoms with Crippen molar-refractivity contribution in [3.8, 4) is 11.5 Å². The highest BCUT2D eigenvalue weighted by molar-refractivity contribution is 9.10. The number of thiocarbonyl (C=S) groups is 1. The highest BCUT2D eigenvalue weighted by Crippen LogP contribution is 2.41. The number of hydrogen-bond donors (Lipinski definition) is 0. The molecule has 0 N–H and O–H groups in total. The van der Waals surface area contributed by atoms with Crippen LogP contribution in [0.1, 0.15) is 23.6 Å². The van der Waals surface area contributed by atoms with Gasteiger partial charge in [-0.25, -0.2) is 0 Å². The lowest BCUT2D eigenvalue weighted by Crippen LogP contribution is -2.27. The Morgan fingerprint density at radius 1 is 1.09 bits per heavy atom. The molecule has 0 aliphatic carbocycles. The van der Waals surface area contributed by atoms with Crippen LogP contribution < -0.4 is 14.4 Å². The zero-order valence-electron chi connectivity index (χ0n) is 18.8. The summed E-state index contributed by atoms with van der Waals surface area (Å²) in [7, 11) is 0. The highest BCUT2D eigenvalue weighted by Gasteiger charge is 2.33. The number of halogens is 3. The van der Waals surface area contributed by atoms with Gasteiger partial charge in [0, 0.05) is 0 Å². The van der Waals surface area contributed by atoms with Crippen molar-refractivity contribution in [2.24, 2.45) is 0 Å². The van der Waals surface area contributed by atoms with Gasteiger partial charge in [0.25, 0.3) is 5.91 Å². The Labute approximate surface area is 232 Å². The Balaban J connectivity index is 1.60. The molecule has 0 saturated carbocycles. The van der Waals surface area contributed by atoms with Crippen LogP contribution in [0.3, 0.4) is 0 Å². The van der Waals surface area contributed by atoms with Gasteiger partial charge in [0.1, 0.15) is 6.61 Å². The SMILES string of the molecule is CCOc1cc(/C=C2\SC(=S)N(c3cccc(C)c3)C2=O)cc(Br)c1OCc1ccc(Cl)c(Cl)c1. The summed E-state index contributed by atoms with van der Waals surface area (Å²) in [4.78, 5) is 15.3. The number of nitrogens with zero attached hydrogens (tertiary/aromatic N) is 1. The summed E-state index contributed by atoms with van der Waals surface area (Å²) in [5.41, 5.74) is 3.48. The molecule has 1 amide bonds. The molecule has 1 aliphatic heterocycles. The number of benzene rings is 3. The van der Waals surface area contributed by atoms with E-state index in [2.05, 4.69) is 15.9 Å². The molecule has 4 nitrogen and oxygen atoms in total. The maximum absolute atomic E-state index is 13.2. The van der Waals surface area contributed by atoms with Crippen molar-refractivity contribution in [1.82, 2.24) is 0 Å². The summed E-state index contributed by atoms with van der Waals surface area (Å²) < 4.78 is 13.1. The molecular formula is C26H20BrCl2NO3S2. The number of aryl methyl sites for hydroxylation is 1. The molecule has 1 heterocycles. The number of hydrogen-bond acceptors (Lipinski definition) is 5. The van der Waals surface area contributed by atoms with Crippen molar-refractivity contribution in [3.05, 3.63) is 90.7 Å². The molecule has 3 aromatic carbocycles. The summed E-state index contributed by atoms with van der Waals surface area (Å²) >= 11 is 22.5. The Hall–Kier alpha value is -2.03. The van der Waals surface area contributed by atoms with Crippen molar-refractivity contribution < 1.29 is 14.3 Å². The number of thioether (sulfide) groups is 1. The quantitative estimate of drug-likeness (QED) is 0.199. The number of amides is 1. The van der Waals surface area contributed by atoms with Crippen LogP contribution in [0.5, 0.6) is 11.5 Å². The molecule has 0 radical (unpaired) electrons. The van der Waals surface area contributed by atoms with Crippen LogP contribution in [0.4, 0.5) is 5.69 Å². The Morgan fingerprint density at radius 3 is 2.60 bits per heavy atom. The molecule has 9 heteroatoms. The Morgan fingerprint density at radius 2 is 1.89 bits per heavy atom. The molecule has 0 unspecified atom stereocenters. The van der Waals surface area contributed by atoms with Crippen LogP contribution in [0.2, 0.25) is 10.0 Å². The van der Waals surface area contributed by atoms with Gasteiger partial charge in [-0.2, -0.15) is 0 Å². The standard InChI is InChI=1S/C26H20BrCl2NO3S2/c1-3-32-22-12-17(10-19(27)24(22)33-14-16-7-8-20(28)21(29)11-16)13-23-25(31)30(26(34)35-23)18-6-4-5-15(2)9-18/h4-13H,3,14H2,1-2H3/b23-13-. The fourth-order valence-corrected chi connectivity index (χ4v) is 5.66. The van der Waals surface area contributed by atoms with Crippen LogP contribution in [-0.4, -0.2) is 16.8 Å². The Kier molecular flexibility index (Phi) is 8.45. The van der Waals surface area contributed by atoms with Crippen LogP contribution in [0.15, 0.2) is 64.0 Å². The average molecular weight is 609 g/mol. The number of rotatable bonds is 7. The first-order valence-electron chi connectivity index (χ1n) is 10.6. The van der Waals surface area contributed by atoms with Gasteiger partial charge in [0.2, 0.25) is 0 Å². The normalized spacial score (nSPS) is 14.7. The van der Waals surface area contributed by atoms with Gasteiger partial charge >= 0.3 is 0 Å². The minimum atomic E-state index is -0.153. The fraction of sp³-hybridized carbons (Fsp3) is 0.154. The maximum atomic E-state index is 13.2. The maximum Gasteiger partial charge on any atom is 0.270 e. The molecule has 4 rings (SSSR count). The highest BCUT2D eigenvalue weighted by atomic mass is 79.9. The van der Waals surface area contributed by atoms with E-state index in [0.717, 1.165) is 22.4 Å². The van der Waals surface area contributed by atoms with Gasteiger partial charge < -0.3 is 9.47 Å². The van der Waals surface area contributed by atoms with Crippen LogP contribution in [0, 0.1) is 6.92 Å². The third-order valence-electron chi connectivity index (χ3n) is 5.05. The van der Waals surface area contributed by atoms with Crippen molar-refractivity contribution in [1.29, 1.82) is 0 Å². The smallest absolute Gasteiger partial charge is 0.270 e. The molecule has 1 fully saturated rings. The summed E-state index contributed by atoms with van der Waals surface area (Å²) in [6.45, 7) is 4.61. The molecule has 0 aromatic heterocycles. The van der Waals surface area contributed by atoms with Gasteiger partial charge in [-0.3, -0.25) is 9.69 Å². The summed E-state index contributed by atoms with van der Waals surface area (Å²) in [6, 6.07) is 16.8. The van der Waals surface area contributed by atoms with Crippen LogP contribution >= 0.6 is 63.1 Å². The van der Waals surface area contributed by atoms with Gasteiger partial charge in [-0.05, 0) is 88.9 Å². The number of anilines is 1. The zero-order chi connectivity index (χ0) is 25.1. The largest absolute Gasteiger partial charge is 0.490 e. The van der Waals surface area contributed by atoms with Gasteiger partial charge in [-0.1, -0.05) is 65.4 Å².